The van der Waals surface area contributed by atoms with Gasteiger partial charge in [-0.25, -0.2) is 0 Å². The summed E-state index contributed by atoms with van der Waals surface area (Å²) < 4.78 is 5.12. The number of nitrogens with zero attached hydrogens (tertiary/aromatic N) is 1. The second-order valence-electron chi connectivity index (χ2n) is 6.79. The van der Waals surface area contributed by atoms with E-state index in [0.29, 0.717) is 11.6 Å². The lowest BCUT2D eigenvalue weighted by atomic mass is 10.2. The van der Waals surface area contributed by atoms with Crippen LogP contribution >= 0.6 is 11.6 Å². The van der Waals surface area contributed by atoms with Crippen LogP contribution in [0.15, 0.2) is 28.8 Å². The summed E-state index contributed by atoms with van der Waals surface area (Å²) in [5.41, 5.74) is 2.77. The van der Waals surface area contributed by atoms with Crippen molar-refractivity contribution in [2.75, 3.05) is 38.0 Å². The third kappa shape index (κ3) is 5.04. The average Bonchev–Trinajstić information content (AvgIpc) is 2.98. The van der Waals surface area contributed by atoms with Crippen LogP contribution in [-0.4, -0.2) is 43.8 Å². The summed E-state index contributed by atoms with van der Waals surface area (Å²) in [7, 11) is 0. The smallest absolute Gasteiger partial charge is 0.279 e. The largest absolute Gasteiger partial charge is 0.361 e. The van der Waals surface area contributed by atoms with Gasteiger partial charge in [0.15, 0.2) is 6.54 Å². The minimum atomic E-state index is 0.0329. The van der Waals surface area contributed by atoms with Crippen molar-refractivity contribution in [2.45, 2.75) is 20.4 Å². The molecule has 1 aromatic heterocycles. The van der Waals surface area contributed by atoms with Crippen molar-refractivity contribution in [2.24, 2.45) is 0 Å². The van der Waals surface area contributed by atoms with Crippen LogP contribution in [0.5, 0.6) is 0 Å². The van der Waals surface area contributed by atoms with Crippen LogP contribution in [0, 0.1) is 13.8 Å². The van der Waals surface area contributed by atoms with Crippen molar-refractivity contribution in [3.63, 3.8) is 0 Å². The Labute approximate surface area is 152 Å². The zero-order valence-electron chi connectivity index (χ0n) is 14.7. The molecule has 0 bridgehead atoms. The molecule has 0 atom stereocenters. The van der Waals surface area contributed by atoms with E-state index in [4.69, 9.17) is 16.1 Å². The van der Waals surface area contributed by atoms with Gasteiger partial charge in [-0.1, -0.05) is 22.8 Å². The molecule has 25 heavy (non-hydrogen) atoms. The highest BCUT2D eigenvalue weighted by atomic mass is 35.5. The first-order valence-corrected chi connectivity index (χ1v) is 9.03. The van der Waals surface area contributed by atoms with Gasteiger partial charge in [0.1, 0.15) is 44.2 Å². The maximum absolute atomic E-state index is 12.2. The van der Waals surface area contributed by atoms with Crippen molar-refractivity contribution in [1.29, 1.82) is 0 Å². The first kappa shape index (κ1) is 17.9. The number of benzene rings is 1. The third-order valence-corrected chi connectivity index (χ3v) is 5.05. The molecule has 1 aliphatic heterocycles. The van der Waals surface area contributed by atoms with Gasteiger partial charge in [-0.05, 0) is 31.5 Å². The number of rotatable bonds is 5. The van der Waals surface area contributed by atoms with Crippen LogP contribution in [0.3, 0.4) is 0 Å². The Morgan fingerprint density at radius 1 is 1.20 bits per heavy atom. The Morgan fingerprint density at radius 3 is 2.56 bits per heavy atom. The van der Waals surface area contributed by atoms with Crippen LogP contribution in [0.25, 0.3) is 0 Å². The van der Waals surface area contributed by atoms with E-state index < -0.39 is 0 Å². The fraction of sp³-hybridized carbons (Fsp3) is 0.444. The third-order valence-electron chi connectivity index (χ3n) is 4.64. The molecule has 7 heteroatoms. The van der Waals surface area contributed by atoms with E-state index >= 15 is 0 Å². The Morgan fingerprint density at radius 2 is 1.92 bits per heavy atom. The van der Waals surface area contributed by atoms with Crippen LogP contribution in [-0.2, 0) is 11.3 Å². The normalized spacial score (nSPS) is 20.4. The van der Waals surface area contributed by atoms with E-state index in [1.165, 1.54) is 9.80 Å². The maximum Gasteiger partial charge on any atom is 0.279 e. The maximum atomic E-state index is 12.2. The minimum absolute atomic E-state index is 0.0329. The van der Waals surface area contributed by atoms with Crippen LogP contribution in [0.4, 0.5) is 5.69 Å². The molecule has 1 aromatic carbocycles. The summed E-state index contributed by atoms with van der Waals surface area (Å²) in [5, 5.41) is 7.67. The summed E-state index contributed by atoms with van der Waals surface area (Å²) in [6.07, 6.45) is 0. The van der Waals surface area contributed by atoms with Gasteiger partial charge in [-0.15, -0.1) is 0 Å². The molecular formula is C18H25ClN4O2+2. The van der Waals surface area contributed by atoms with E-state index in [-0.39, 0.29) is 5.91 Å². The molecule has 1 amide bonds. The van der Waals surface area contributed by atoms with Crippen molar-refractivity contribution in [3.05, 3.63) is 46.3 Å². The van der Waals surface area contributed by atoms with E-state index in [1.54, 1.807) is 6.07 Å². The van der Waals surface area contributed by atoms with Gasteiger partial charge >= 0.3 is 0 Å². The lowest BCUT2D eigenvalue weighted by Crippen LogP contribution is -3.28. The number of carbonyl (C=O) groups excluding carboxylic acids is 1. The van der Waals surface area contributed by atoms with Gasteiger partial charge in [-0.2, -0.15) is 0 Å². The molecule has 2 aromatic rings. The molecule has 1 aliphatic rings. The predicted octanol–water partition coefficient (Wildman–Crippen LogP) is -0.133. The highest BCUT2D eigenvalue weighted by molar-refractivity contribution is 6.31. The monoisotopic (exact) mass is 364 g/mol. The lowest BCUT2D eigenvalue weighted by Gasteiger charge is -2.28. The molecule has 1 fully saturated rings. The van der Waals surface area contributed by atoms with Gasteiger partial charge in [-0.3, -0.25) is 4.79 Å². The number of aryl methyl sites for hydroxylation is 2. The zero-order valence-corrected chi connectivity index (χ0v) is 15.4. The number of anilines is 1. The summed E-state index contributed by atoms with van der Waals surface area (Å²) >= 11 is 6.10. The predicted molar refractivity (Wildman–Crippen MR) is 96.0 cm³/mol. The first-order chi connectivity index (χ1) is 12.0. The van der Waals surface area contributed by atoms with E-state index in [2.05, 4.69) is 10.5 Å². The number of nitrogens with one attached hydrogen (secondary N) is 3. The summed E-state index contributed by atoms with van der Waals surface area (Å²) in [6, 6.07) is 7.59. The fourth-order valence-corrected chi connectivity index (χ4v) is 3.35. The zero-order chi connectivity index (χ0) is 17.8. The quantitative estimate of drug-likeness (QED) is 0.692. The number of hydrogen-bond donors (Lipinski definition) is 3. The SMILES string of the molecule is Cc1cc(C[NH+]2CC[NH+](CC(=O)Nc3ccc(C)c(Cl)c3)CC2)no1. The van der Waals surface area contributed by atoms with E-state index in [9.17, 15) is 4.79 Å². The summed E-state index contributed by atoms with van der Waals surface area (Å²) in [6.45, 7) is 9.26. The fourth-order valence-electron chi connectivity index (χ4n) is 3.17. The molecule has 0 radical (unpaired) electrons. The molecule has 134 valence electrons. The van der Waals surface area contributed by atoms with Crippen molar-refractivity contribution in [3.8, 4) is 0 Å². The minimum Gasteiger partial charge on any atom is -0.361 e. The number of amides is 1. The van der Waals surface area contributed by atoms with Crippen LogP contribution < -0.4 is 15.1 Å². The summed E-state index contributed by atoms with van der Waals surface area (Å²) in [4.78, 5) is 15.1. The first-order valence-electron chi connectivity index (χ1n) is 8.65. The molecule has 0 spiro atoms. The molecule has 3 rings (SSSR count). The number of piperazine rings is 1. The van der Waals surface area contributed by atoms with Gasteiger partial charge in [0.25, 0.3) is 5.91 Å². The highest BCUT2D eigenvalue weighted by Crippen LogP contribution is 2.19. The molecular weight excluding hydrogens is 340 g/mol. The number of quaternary nitrogens is 2. The van der Waals surface area contributed by atoms with E-state index in [1.807, 2.05) is 32.0 Å². The van der Waals surface area contributed by atoms with Crippen LogP contribution in [0.1, 0.15) is 17.0 Å². The Kier molecular flexibility index (Phi) is 5.73. The number of hydrogen-bond acceptors (Lipinski definition) is 3. The number of aromatic nitrogens is 1. The standard InChI is InChI=1S/C18H23ClN4O2/c1-13-3-4-15(10-17(13)19)20-18(24)12-23-7-5-22(6-8-23)11-16-9-14(2)25-21-16/h3-4,9-10H,5-8,11-12H2,1-2H3,(H,20,24)/p+2. The number of carbonyl (C=O) groups is 1. The van der Waals surface area contributed by atoms with Gasteiger partial charge in [0.2, 0.25) is 0 Å². The molecule has 2 heterocycles. The molecule has 6 nitrogen and oxygen atoms in total. The second kappa shape index (κ2) is 7.99. The van der Waals surface area contributed by atoms with Crippen LogP contribution in [0.2, 0.25) is 5.02 Å². The Balaban J connectivity index is 1.43. The lowest BCUT2D eigenvalue weighted by molar-refractivity contribution is -1.02. The summed E-state index contributed by atoms with van der Waals surface area (Å²) in [5.74, 6) is 0.886. The number of halogens is 1. The molecule has 0 unspecified atom stereocenters. The van der Waals surface area contributed by atoms with Crippen molar-refractivity contribution >= 4 is 23.2 Å². The van der Waals surface area contributed by atoms with E-state index in [0.717, 1.165) is 55.4 Å². The van der Waals surface area contributed by atoms with Gasteiger partial charge in [0.05, 0.1) is 0 Å². The Hall–Kier alpha value is -1.89. The topological polar surface area (TPSA) is 64.0 Å². The second-order valence-corrected chi connectivity index (χ2v) is 7.20. The average molecular weight is 365 g/mol. The molecule has 0 aliphatic carbocycles. The molecule has 0 saturated carbocycles. The van der Waals surface area contributed by atoms with Crippen molar-refractivity contribution in [1.82, 2.24) is 5.16 Å². The Bertz CT molecular complexity index is 738. The molecule has 3 N–H and O–H groups in total. The van der Waals surface area contributed by atoms with Crippen molar-refractivity contribution < 1.29 is 19.1 Å². The van der Waals surface area contributed by atoms with Gasteiger partial charge in [0, 0.05) is 16.8 Å². The highest BCUT2D eigenvalue weighted by Gasteiger charge is 2.25. The van der Waals surface area contributed by atoms with Gasteiger partial charge < -0.3 is 19.6 Å². The molecule has 1 saturated heterocycles.